The molecule has 1 fully saturated rings. The zero-order valence-corrected chi connectivity index (χ0v) is 29.0. The number of fused-ring (bicyclic) bond motifs is 1. The van der Waals surface area contributed by atoms with Crippen molar-refractivity contribution in [2.24, 2.45) is 5.92 Å². The Balaban J connectivity index is 1.17. The van der Waals surface area contributed by atoms with E-state index in [0.717, 1.165) is 77.7 Å². The zero-order chi connectivity index (χ0) is 32.5. The number of hydrogen-bond donors (Lipinski definition) is 1. The van der Waals surface area contributed by atoms with E-state index in [0.29, 0.717) is 48.9 Å². The molecule has 1 saturated heterocycles. The summed E-state index contributed by atoms with van der Waals surface area (Å²) in [5.41, 5.74) is 4.70. The average Bonchev–Trinajstić information content (AvgIpc) is 3.42. The van der Waals surface area contributed by atoms with Crippen molar-refractivity contribution in [2.75, 3.05) is 53.7 Å². The van der Waals surface area contributed by atoms with Gasteiger partial charge in [0.1, 0.15) is 18.0 Å². The summed E-state index contributed by atoms with van der Waals surface area (Å²) in [5.74, 6) is 2.22. The summed E-state index contributed by atoms with van der Waals surface area (Å²) in [7, 11) is 3.29. The van der Waals surface area contributed by atoms with Crippen LogP contribution < -0.4 is 19.5 Å². The van der Waals surface area contributed by atoms with Crippen molar-refractivity contribution >= 4 is 39.1 Å². The second-order valence-electron chi connectivity index (χ2n) is 11.6. The van der Waals surface area contributed by atoms with Crippen molar-refractivity contribution in [2.45, 2.75) is 39.2 Å². The van der Waals surface area contributed by atoms with Gasteiger partial charge in [-0.2, -0.15) is 0 Å². The molecule has 0 saturated carbocycles. The lowest BCUT2D eigenvalue weighted by Gasteiger charge is -2.26. The van der Waals surface area contributed by atoms with Crippen LogP contribution in [0.25, 0.3) is 5.65 Å². The molecule has 11 heteroatoms. The van der Waals surface area contributed by atoms with Gasteiger partial charge < -0.3 is 28.7 Å². The fourth-order valence-corrected chi connectivity index (χ4v) is 6.45. The maximum absolute atomic E-state index is 13.0. The smallest absolute Gasteiger partial charge is 0.220 e. The monoisotopic (exact) mass is 712 g/mol. The first-order chi connectivity index (χ1) is 22.4. The van der Waals surface area contributed by atoms with Crippen LogP contribution in [-0.4, -0.2) is 73.9 Å². The lowest BCUT2D eigenvalue weighted by molar-refractivity contribution is -0.121. The number of carbonyl (C=O) groups is 1. The van der Waals surface area contributed by atoms with E-state index in [-0.39, 0.29) is 11.8 Å². The number of imidazole rings is 1. The number of aromatic nitrogens is 2. The summed E-state index contributed by atoms with van der Waals surface area (Å²) in [6.07, 6.45) is 4.45. The number of benzene rings is 2. The first-order valence-electron chi connectivity index (χ1n) is 15.7. The number of morpholine rings is 1. The van der Waals surface area contributed by atoms with Gasteiger partial charge in [-0.1, -0.05) is 46.6 Å². The van der Waals surface area contributed by atoms with Crippen molar-refractivity contribution in [1.82, 2.24) is 19.6 Å². The van der Waals surface area contributed by atoms with Crippen molar-refractivity contribution in [1.29, 1.82) is 0 Å². The van der Waals surface area contributed by atoms with E-state index in [1.54, 1.807) is 14.2 Å². The molecule has 5 rings (SSSR count). The molecule has 1 atom stereocenters. The first-order valence-corrected chi connectivity index (χ1v) is 16.9. The Morgan fingerprint density at radius 1 is 1.09 bits per heavy atom. The third kappa shape index (κ3) is 8.73. The molecule has 246 valence electrons. The number of pyridine rings is 1. The van der Waals surface area contributed by atoms with E-state index in [2.05, 4.69) is 43.5 Å². The van der Waals surface area contributed by atoms with Gasteiger partial charge in [0.2, 0.25) is 5.91 Å². The Bertz CT molecular complexity index is 1620. The number of carbonyl (C=O) groups excluding carboxylic acids is 1. The van der Waals surface area contributed by atoms with E-state index in [1.807, 2.05) is 48.7 Å². The molecule has 1 amide bonds. The highest BCUT2D eigenvalue weighted by atomic mass is 79.9. The van der Waals surface area contributed by atoms with E-state index in [4.69, 9.17) is 35.5 Å². The molecule has 0 aliphatic carbocycles. The fourth-order valence-electron chi connectivity index (χ4n) is 5.75. The summed E-state index contributed by atoms with van der Waals surface area (Å²) >= 11 is 10.4. The molecule has 1 unspecified atom stereocenters. The summed E-state index contributed by atoms with van der Waals surface area (Å²) in [6.45, 7) is 7.10. The Morgan fingerprint density at radius 2 is 1.87 bits per heavy atom. The second kappa shape index (κ2) is 16.5. The van der Waals surface area contributed by atoms with Gasteiger partial charge in [0.25, 0.3) is 0 Å². The SMILES string of the molecule is COc1ccc(Br)cc1Cc1c(CNC(=O)CCC(C)Cc2ccc(OC)c(OCCN3CCOCC3)c2Cl)nc2ccccn12. The van der Waals surface area contributed by atoms with Gasteiger partial charge in [0, 0.05) is 48.7 Å². The number of hydrogen-bond acceptors (Lipinski definition) is 7. The third-order valence-electron chi connectivity index (χ3n) is 8.32. The van der Waals surface area contributed by atoms with Crippen LogP contribution >= 0.6 is 27.5 Å². The molecule has 1 aliphatic heterocycles. The minimum atomic E-state index is -0.0112. The van der Waals surface area contributed by atoms with Crippen molar-refractivity contribution in [3.63, 3.8) is 0 Å². The van der Waals surface area contributed by atoms with E-state index < -0.39 is 0 Å². The quantitative estimate of drug-likeness (QED) is 0.154. The summed E-state index contributed by atoms with van der Waals surface area (Å²) in [6, 6.07) is 15.8. The molecular weight excluding hydrogens is 672 g/mol. The lowest BCUT2D eigenvalue weighted by atomic mass is 9.96. The molecular formula is C35H42BrClN4O5. The number of amides is 1. The van der Waals surface area contributed by atoms with Crippen molar-refractivity contribution in [3.05, 3.63) is 86.7 Å². The van der Waals surface area contributed by atoms with Crippen LogP contribution in [-0.2, 0) is 28.9 Å². The van der Waals surface area contributed by atoms with Crippen LogP contribution in [0.2, 0.25) is 5.02 Å². The number of nitrogens with one attached hydrogen (secondary N) is 1. The molecule has 1 aliphatic rings. The molecule has 1 N–H and O–H groups in total. The number of nitrogens with zero attached hydrogens (tertiary/aromatic N) is 3. The normalized spacial score (nSPS) is 14.3. The number of halogens is 2. The number of ether oxygens (including phenoxy) is 4. The lowest BCUT2D eigenvalue weighted by Crippen LogP contribution is -2.38. The number of methoxy groups -OCH3 is 2. The molecule has 3 heterocycles. The van der Waals surface area contributed by atoms with Gasteiger partial charge in [-0.15, -0.1) is 0 Å². The number of rotatable bonds is 15. The van der Waals surface area contributed by atoms with E-state index in [9.17, 15) is 4.79 Å². The summed E-state index contributed by atoms with van der Waals surface area (Å²) in [4.78, 5) is 20.2. The molecule has 0 radical (unpaired) electrons. The zero-order valence-electron chi connectivity index (χ0n) is 26.7. The Morgan fingerprint density at radius 3 is 2.65 bits per heavy atom. The maximum atomic E-state index is 13.0. The van der Waals surface area contributed by atoms with E-state index in [1.165, 1.54) is 0 Å². The van der Waals surface area contributed by atoms with Crippen LogP contribution in [0.5, 0.6) is 17.2 Å². The van der Waals surface area contributed by atoms with Crippen LogP contribution in [0, 0.1) is 5.92 Å². The predicted molar refractivity (Wildman–Crippen MR) is 183 cm³/mol. The molecule has 2 aromatic heterocycles. The largest absolute Gasteiger partial charge is 0.496 e. The standard InChI is InChI=1S/C35H42BrClN4O5/c1-24(20-25-8-10-31(44-3)35(34(25)37)46-19-16-40-14-17-45-18-15-40)7-12-33(42)38-23-28-29(41-13-5-4-6-32(41)39-28)22-26-21-27(36)9-11-30(26)43-2/h4-6,8-11,13,21,24H,7,12,14-20,22-23H2,1-3H3,(H,38,42). The van der Waals surface area contributed by atoms with Crippen LogP contribution in [0.15, 0.2) is 59.2 Å². The minimum Gasteiger partial charge on any atom is -0.496 e. The highest BCUT2D eigenvalue weighted by Crippen LogP contribution is 2.39. The molecule has 4 aromatic rings. The maximum Gasteiger partial charge on any atom is 0.220 e. The first kappa shape index (κ1) is 34.0. The van der Waals surface area contributed by atoms with Gasteiger partial charge in [0.05, 0.1) is 50.4 Å². The van der Waals surface area contributed by atoms with Gasteiger partial charge in [-0.3, -0.25) is 9.69 Å². The van der Waals surface area contributed by atoms with Gasteiger partial charge >= 0.3 is 0 Å². The highest BCUT2D eigenvalue weighted by molar-refractivity contribution is 9.10. The topological polar surface area (TPSA) is 86.6 Å². The Kier molecular flexibility index (Phi) is 12.2. The van der Waals surface area contributed by atoms with Crippen LogP contribution in [0.4, 0.5) is 0 Å². The Hall–Kier alpha value is -3.31. The molecule has 0 bridgehead atoms. The van der Waals surface area contributed by atoms with Gasteiger partial charge in [-0.05, 0) is 60.7 Å². The van der Waals surface area contributed by atoms with Gasteiger partial charge in [0.15, 0.2) is 11.5 Å². The highest BCUT2D eigenvalue weighted by Gasteiger charge is 2.19. The van der Waals surface area contributed by atoms with Crippen molar-refractivity contribution < 1.29 is 23.7 Å². The van der Waals surface area contributed by atoms with E-state index >= 15 is 0 Å². The second-order valence-corrected chi connectivity index (χ2v) is 12.9. The molecule has 2 aromatic carbocycles. The average molecular weight is 714 g/mol. The van der Waals surface area contributed by atoms with Gasteiger partial charge in [-0.25, -0.2) is 4.98 Å². The van der Waals surface area contributed by atoms with Crippen molar-refractivity contribution in [3.8, 4) is 17.2 Å². The minimum absolute atomic E-state index is 0.0112. The Labute approximate surface area is 284 Å². The molecule has 9 nitrogen and oxygen atoms in total. The summed E-state index contributed by atoms with van der Waals surface area (Å²) < 4.78 is 25.8. The van der Waals surface area contributed by atoms with Crippen LogP contribution in [0.3, 0.4) is 0 Å². The predicted octanol–water partition coefficient (Wildman–Crippen LogP) is 6.34. The summed E-state index contributed by atoms with van der Waals surface area (Å²) in [5, 5.41) is 3.67. The fraction of sp³-hybridized carbons (Fsp3) is 0.429. The molecule has 0 spiro atoms. The third-order valence-corrected chi connectivity index (χ3v) is 9.22. The van der Waals surface area contributed by atoms with Crippen LogP contribution in [0.1, 0.15) is 42.3 Å². The molecule has 46 heavy (non-hydrogen) atoms.